The Morgan fingerprint density at radius 1 is 1.00 bits per heavy atom. The van der Waals surface area contributed by atoms with E-state index in [1.165, 1.54) is 0 Å². The number of urea groups is 1. The van der Waals surface area contributed by atoms with Crippen LogP contribution < -0.4 is 25.4 Å². The van der Waals surface area contributed by atoms with E-state index in [2.05, 4.69) is 20.9 Å². The maximum absolute atomic E-state index is 12.1. The standard InChI is InChI=1S/C21H28N4O5/c26-19(7-10-25-8-5-14(6-9-25)20(27)22-15-1-2-15)24-21(28)23-16-3-4-17-18(13-16)30-12-11-29-17/h3-4,13-15H,1-2,5-12H2,(H,22,27)(H2,23,24,26,28). The van der Waals surface area contributed by atoms with E-state index in [0.717, 1.165) is 38.8 Å². The molecule has 0 atom stereocenters. The number of fused-ring (bicyclic) bond motifs is 1. The second-order valence-corrected chi connectivity index (χ2v) is 8.01. The minimum atomic E-state index is -0.577. The van der Waals surface area contributed by atoms with Crippen LogP contribution in [0.5, 0.6) is 11.5 Å². The van der Waals surface area contributed by atoms with Crippen molar-refractivity contribution >= 4 is 23.5 Å². The van der Waals surface area contributed by atoms with Crippen LogP contribution in [0.2, 0.25) is 0 Å². The van der Waals surface area contributed by atoms with Crippen LogP contribution in [0.4, 0.5) is 10.5 Å². The van der Waals surface area contributed by atoms with Gasteiger partial charge in [0.25, 0.3) is 0 Å². The summed E-state index contributed by atoms with van der Waals surface area (Å²) in [5.41, 5.74) is 0.524. The van der Waals surface area contributed by atoms with Gasteiger partial charge in [0.15, 0.2) is 11.5 Å². The summed E-state index contributed by atoms with van der Waals surface area (Å²) in [6.45, 7) is 3.11. The SMILES string of the molecule is O=C(CCN1CCC(C(=O)NC2CC2)CC1)NC(=O)Nc1ccc2c(c1)OCCO2. The van der Waals surface area contributed by atoms with Gasteiger partial charge in [0, 0.05) is 36.7 Å². The fraction of sp³-hybridized carbons (Fsp3) is 0.571. The zero-order valence-corrected chi connectivity index (χ0v) is 16.9. The van der Waals surface area contributed by atoms with Gasteiger partial charge in [-0.3, -0.25) is 14.9 Å². The van der Waals surface area contributed by atoms with E-state index in [1.807, 2.05) is 0 Å². The summed E-state index contributed by atoms with van der Waals surface area (Å²) in [5.74, 6) is 1.12. The third kappa shape index (κ3) is 5.63. The number of rotatable bonds is 6. The van der Waals surface area contributed by atoms with Crippen molar-refractivity contribution in [3.05, 3.63) is 18.2 Å². The van der Waals surface area contributed by atoms with E-state index in [0.29, 0.717) is 43.0 Å². The number of nitrogens with one attached hydrogen (secondary N) is 3. The molecular weight excluding hydrogens is 388 g/mol. The molecule has 1 saturated carbocycles. The van der Waals surface area contributed by atoms with Crippen molar-refractivity contribution in [2.45, 2.75) is 38.1 Å². The second kappa shape index (κ2) is 9.34. The molecule has 162 valence electrons. The molecular formula is C21H28N4O5. The Balaban J connectivity index is 1.14. The first-order valence-electron chi connectivity index (χ1n) is 10.6. The van der Waals surface area contributed by atoms with Gasteiger partial charge in [-0.2, -0.15) is 0 Å². The number of anilines is 1. The maximum Gasteiger partial charge on any atom is 0.325 e. The molecule has 2 heterocycles. The van der Waals surface area contributed by atoms with Crippen molar-refractivity contribution in [3.8, 4) is 11.5 Å². The van der Waals surface area contributed by atoms with Crippen molar-refractivity contribution in [2.24, 2.45) is 5.92 Å². The second-order valence-electron chi connectivity index (χ2n) is 8.01. The number of hydrogen-bond acceptors (Lipinski definition) is 6. The lowest BCUT2D eigenvalue weighted by atomic mass is 9.96. The average Bonchev–Trinajstić information content (AvgIpc) is 3.56. The number of carbonyl (C=O) groups is 3. The highest BCUT2D eigenvalue weighted by Crippen LogP contribution is 2.32. The highest BCUT2D eigenvalue weighted by atomic mass is 16.6. The summed E-state index contributed by atoms with van der Waals surface area (Å²) in [6, 6.07) is 4.91. The van der Waals surface area contributed by atoms with Crippen LogP contribution in [-0.4, -0.2) is 61.6 Å². The van der Waals surface area contributed by atoms with Gasteiger partial charge in [-0.1, -0.05) is 0 Å². The largest absolute Gasteiger partial charge is 0.486 e. The van der Waals surface area contributed by atoms with Crippen LogP contribution >= 0.6 is 0 Å². The zero-order valence-electron chi connectivity index (χ0n) is 16.9. The van der Waals surface area contributed by atoms with Crippen LogP contribution in [0.1, 0.15) is 32.1 Å². The quantitative estimate of drug-likeness (QED) is 0.648. The molecule has 0 bridgehead atoms. The predicted octanol–water partition coefficient (Wildman–Crippen LogP) is 1.49. The maximum atomic E-state index is 12.1. The van der Waals surface area contributed by atoms with Crippen molar-refractivity contribution in [1.82, 2.24) is 15.5 Å². The lowest BCUT2D eigenvalue weighted by Gasteiger charge is -2.31. The van der Waals surface area contributed by atoms with Crippen molar-refractivity contribution in [3.63, 3.8) is 0 Å². The fourth-order valence-electron chi connectivity index (χ4n) is 3.70. The molecule has 1 aromatic rings. The number of hydrogen-bond donors (Lipinski definition) is 3. The molecule has 4 rings (SSSR count). The molecule has 2 aliphatic heterocycles. The molecule has 1 aromatic carbocycles. The fourth-order valence-corrected chi connectivity index (χ4v) is 3.70. The Bertz CT molecular complexity index is 803. The van der Waals surface area contributed by atoms with Gasteiger partial charge < -0.3 is 25.0 Å². The lowest BCUT2D eigenvalue weighted by molar-refractivity contribution is -0.127. The van der Waals surface area contributed by atoms with Crippen molar-refractivity contribution < 1.29 is 23.9 Å². The molecule has 3 aliphatic rings. The third-order valence-electron chi connectivity index (χ3n) is 5.59. The van der Waals surface area contributed by atoms with Gasteiger partial charge in [-0.25, -0.2) is 4.79 Å². The smallest absolute Gasteiger partial charge is 0.325 e. The van der Waals surface area contributed by atoms with Gasteiger partial charge in [-0.15, -0.1) is 0 Å². The number of nitrogens with zero attached hydrogens (tertiary/aromatic N) is 1. The summed E-state index contributed by atoms with van der Waals surface area (Å²) in [7, 11) is 0. The van der Waals surface area contributed by atoms with Crippen molar-refractivity contribution in [1.29, 1.82) is 0 Å². The molecule has 0 aromatic heterocycles. The Morgan fingerprint density at radius 3 is 2.47 bits per heavy atom. The Morgan fingerprint density at radius 2 is 1.73 bits per heavy atom. The molecule has 30 heavy (non-hydrogen) atoms. The predicted molar refractivity (Wildman–Crippen MR) is 110 cm³/mol. The average molecular weight is 416 g/mol. The monoisotopic (exact) mass is 416 g/mol. The van der Waals surface area contributed by atoms with E-state index in [1.54, 1.807) is 18.2 Å². The number of carbonyl (C=O) groups excluding carboxylic acids is 3. The molecule has 0 radical (unpaired) electrons. The summed E-state index contributed by atoms with van der Waals surface area (Å²) in [6.07, 6.45) is 4.05. The number of piperidine rings is 1. The van der Waals surface area contributed by atoms with E-state index in [-0.39, 0.29) is 24.2 Å². The molecule has 9 heteroatoms. The summed E-state index contributed by atoms with van der Waals surface area (Å²) in [5, 5.41) is 8.05. The minimum Gasteiger partial charge on any atom is -0.486 e. The van der Waals surface area contributed by atoms with E-state index in [9.17, 15) is 14.4 Å². The number of benzene rings is 1. The normalized spacial score (nSPS) is 19.1. The first-order valence-corrected chi connectivity index (χ1v) is 10.6. The topological polar surface area (TPSA) is 109 Å². The van der Waals surface area contributed by atoms with Gasteiger partial charge in [0.05, 0.1) is 0 Å². The number of likely N-dealkylation sites (tertiary alicyclic amines) is 1. The van der Waals surface area contributed by atoms with Gasteiger partial charge >= 0.3 is 6.03 Å². The van der Waals surface area contributed by atoms with Gasteiger partial charge in [0.2, 0.25) is 11.8 Å². The highest BCUT2D eigenvalue weighted by molar-refractivity contribution is 6.01. The molecule has 1 aliphatic carbocycles. The number of ether oxygens (including phenoxy) is 2. The van der Waals surface area contributed by atoms with Crippen LogP contribution in [-0.2, 0) is 9.59 Å². The summed E-state index contributed by atoms with van der Waals surface area (Å²) in [4.78, 5) is 38.5. The van der Waals surface area contributed by atoms with E-state index >= 15 is 0 Å². The molecule has 3 N–H and O–H groups in total. The Kier molecular flexibility index (Phi) is 6.37. The van der Waals surface area contributed by atoms with Crippen LogP contribution in [0.3, 0.4) is 0 Å². The molecule has 0 spiro atoms. The van der Waals surface area contributed by atoms with Crippen LogP contribution in [0.15, 0.2) is 18.2 Å². The molecule has 0 unspecified atom stereocenters. The molecule has 9 nitrogen and oxygen atoms in total. The first kappa shape index (κ1) is 20.5. The summed E-state index contributed by atoms with van der Waals surface area (Å²) < 4.78 is 10.9. The highest BCUT2D eigenvalue weighted by Gasteiger charge is 2.29. The van der Waals surface area contributed by atoms with Crippen molar-refractivity contribution in [2.75, 3.05) is 38.2 Å². The van der Waals surface area contributed by atoms with E-state index < -0.39 is 6.03 Å². The van der Waals surface area contributed by atoms with Gasteiger partial charge in [-0.05, 0) is 50.9 Å². The van der Waals surface area contributed by atoms with Crippen LogP contribution in [0, 0.1) is 5.92 Å². The Hall–Kier alpha value is -2.81. The minimum absolute atomic E-state index is 0.0763. The first-order chi connectivity index (χ1) is 14.6. The molecule has 2 fully saturated rings. The zero-order chi connectivity index (χ0) is 20.9. The molecule has 4 amide bonds. The van der Waals surface area contributed by atoms with E-state index in [4.69, 9.17) is 9.47 Å². The van der Waals surface area contributed by atoms with Crippen LogP contribution in [0.25, 0.3) is 0 Å². The Labute approximate surface area is 175 Å². The number of imide groups is 1. The van der Waals surface area contributed by atoms with Gasteiger partial charge in [0.1, 0.15) is 13.2 Å². The molecule has 1 saturated heterocycles. The third-order valence-corrected chi connectivity index (χ3v) is 5.59. The summed E-state index contributed by atoms with van der Waals surface area (Å²) >= 11 is 0. The lowest BCUT2D eigenvalue weighted by Crippen LogP contribution is -2.42. The number of amides is 4.